The van der Waals surface area contributed by atoms with E-state index < -0.39 is 0 Å². The van der Waals surface area contributed by atoms with Gasteiger partial charge in [0.25, 0.3) is 0 Å². The van der Waals surface area contributed by atoms with Crippen LogP contribution in [0.15, 0.2) is 24.3 Å². The van der Waals surface area contributed by atoms with E-state index >= 15 is 0 Å². The van der Waals surface area contributed by atoms with Crippen LogP contribution < -0.4 is 10.2 Å². The summed E-state index contributed by atoms with van der Waals surface area (Å²) >= 11 is 0. The number of anilines is 1. The highest BCUT2D eigenvalue weighted by Gasteiger charge is 2.38. The lowest BCUT2D eigenvalue weighted by Crippen LogP contribution is -2.45. The van der Waals surface area contributed by atoms with Gasteiger partial charge in [0, 0.05) is 44.2 Å². The van der Waals surface area contributed by atoms with Crippen LogP contribution in [0.4, 0.5) is 5.69 Å². The average molecular weight is 443 g/mol. The van der Waals surface area contributed by atoms with Gasteiger partial charge in [-0.3, -0.25) is 14.4 Å². The van der Waals surface area contributed by atoms with Crippen LogP contribution in [0.1, 0.15) is 45.1 Å². The number of amides is 3. The first-order valence-electron chi connectivity index (χ1n) is 12.1. The Morgan fingerprint density at radius 2 is 1.72 bits per heavy atom. The van der Waals surface area contributed by atoms with Gasteiger partial charge in [-0.1, -0.05) is 31.5 Å². The Bertz CT molecular complexity index is 783. The number of carbonyl (C=O) groups is 3. The van der Waals surface area contributed by atoms with Crippen LogP contribution in [0, 0.1) is 18.8 Å². The maximum Gasteiger partial charge on any atom is 0.228 e. The van der Waals surface area contributed by atoms with Gasteiger partial charge >= 0.3 is 0 Å². The van der Waals surface area contributed by atoms with Crippen molar-refractivity contribution in [1.82, 2.24) is 15.1 Å². The fourth-order valence-electron chi connectivity index (χ4n) is 4.67. The minimum atomic E-state index is -0.297. The van der Waals surface area contributed by atoms with Gasteiger partial charge < -0.3 is 20.0 Å². The van der Waals surface area contributed by atoms with Gasteiger partial charge in [0.1, 0.15) is 0 Å². The number of nitrogens with one attached hydrogen (secondary N) is 1. The van der Waals surface area contributed by atoms with Crippen molar-refractivity contribution in [3.8, 4) is 0 Å². The van der Waals surface area contributed by atoms with Gasteiger partial charge in [-0.25, -0.2) is 0 Å². The normalized spacial score (nSPS) is 19.6. The zero-order chi connectivity index (χ0) is 23.1. The fourth-order valence-corrected chi connectivity index (χ4v) is 4.67. The zero-order valence-electron chi connectivity index (χ0n) is 19.8. The fraction of sp³-hybridized carbons (Fsp3) is 0.640. The molecule has 3 amide bonds. The minimum Gasteiger partial charge on any atom is -0.356 e. The highest BCUT2D eigenvalue weighted by atomic mass is 16.2. The lowest BCUT2D eigenvalue weighted by atomic mass is 9.94. The van der Waals surface area contributed by atoms with Crippen molar-refractivity contribution < 1.29 is 14.4 Å². The van der Waals surface area contributed by atoms with Crippen molar-refractivity contribution in [1.29, 1.82) is 0 Å². The van der Waals surface area contributed by atoms with E-state index in [1.54, 1.807) is 4.90 Å². The van der Waals surface area contributed by atoms with E-state index in [-0.39, 0.29) is 36.0 Å². The van der Waals surface area contributed by atoms with Crippen molar-refractivity contribution in [2.24, 2.45) is 11.8 Å². The molecule has 2 aliphatic heterocycles. The SMILES string of the molecule is CCN(CC)CCCNC(=O)C1CCN(C(=O)C2CC(=O)N(c3ccc(C)cc3)C2)CC1. The van der Waals surface area contributed by atoms with Crippen LogP contribution in [-0.4, -0.2) is 73.3 Å². The molecule has 0 bridgehead atoms. The number of hydrogen-bond acceptors (Lipinski definition) is 4. The molecule has 0 saturated carbocycles. The van der Waals surface area contributed by atoms with E-state index in [1.807, 2.05) is 36.1 Å². The average Bonchev–Trinajstić information content (AvgIpc) is 3.20. The van der Waals surface area contributed by atoms with Crippen LogP contribution in [0.2, 0.25) is 0 Å². The van der Waals surface area contributed by atoms with Crippen LogP contribution in [0.5, 0.6) is 0 Å². The molecule has 1 aromatic carbocycles. The third kappa shape index (κ3) is 6.09. The number of rotatable bonds is 9. The van der Waals surface area contributed by atoms with E-state index in [4.69, 9.17) is 0 Å². The molecule has 176 valence electrons. The number of nitrogens with zero attached hydrogens (tertiary/aromatic N) is 3. The van der Waals surface area contributed by atoms with Gasteiger partial charge in [0.15, 0.2) is 0 Å². The molecule has 0 aliphatic carbocycles. The van der Waals surface area contributed by atoms with Gasteiger partial charge in [0.2, 0.25) is 17.7 Å². The molecule has 7 nitrogen and oxygen atoms in total. The van der Waals surface area contributed by atoms with E-state index in [9.17, 15) is 14.4 Å². The zero-order valence-corrected chi connectivity index (χ0v) is 19.8. The number of piperidine rings is 1. The van der Waals surface area contributed by atoms with Crippen molar-refractivity contribution in [2.45, 2.75) is 46.5 Å². The molecule has 3 rings (SSSR count). The summed E-state index contributed by atoms with van der Waals surface area (Å²) in [7, 11) is 0. The summed E-state index contributed by atoms with van der Waals surface area (Å²) in [5.74, 6) is -0.161. The molecule has 1 N–H and O–H groups in total. The number of hydrogen-bond donors (Lipinski definition) is 1. The first-order chi connectivity index (χ1) is 15.4. The minimum absolute atomic E-state index is 0.00572. The molecule has 2 heterocycles. The standard InChI is InChI=1S/C25H38N4O3/c1-4-27(5-2)14-6-13-26-24(31)20-11-15-28(16-12-20)25(32)21-17-23(30)29(18-21)22-9-7-19(3)8-10-22/h7-10,20-21H,4-6,11-18H2,1-3H3,(H,26,31). The largest absolute Gasteiger partial charge is 0.356 e. The highest BCUT2D eigenvalue weighted by Crippen LogP contribution is 2.28. The summed E-state index contributed by atoms with van der Waals surface area (Å²) in [6, 6.07) is 7.84. The second kappa shape index (κ2) is 11.5. The Balaban J connectivity index is 1.42. The van der Waals surface area contributed by atoms with E-state index in [0.29, 0.717) is 39.0 Å². The molecule has 0 spiro atoms. The summed E-state index contributed by atoms with van der Waals surface area (Å²) in [4.78, 5) is 44.0. The highest BCUT2D eigenvalue weighted by molar-refractivity contribution is 6.00. The van der Waals surface area contributed by atoms with E-state index in [1.165, 1.54) is 0 Å². The first kappa shape index (κ1) is 24.2. The topological polar surface area (TPSA) is 73.0 Å². The molecule has 2 fully saturated rings. The Labute approximate surface area is 192 Å². The predicted molar refractivity (Wildman–Crippen MR) is 126 cm³/mol. The molecule has 0 radical (unpaired) electrons. The second-order valence-electron chi connectivity index (χ2n) is 9.01. The number of carbonyl (C=O) groups excluding carboxylic acids is 3. The smallest absolute Gasteiger partial charge is 0.228 e. The van der Waals surface area contributed by atoms with Crippen LogP contribution in [0.3, 0.4) is 0 Å². The van der Waals surface area contributed by atoms with Crippen molar-refractivity contribution in [3.05, 3.63) is 29.8 Å². The Morgan fingerprint density at radius 3 is 2.34 bits per heavy atom. The van der Waals surface area contributed by atoms with E-state index in [2.05, 4.69) is 24.1 Å². The lowest BCUT2D eigenvalue weighted by molar-refractivity contribution is -0.139. The van der Waals surface area contributed by atoms with E-state index in [0.717, 1.165) is 37.3 Å². The molecular formula is C25H38N4O3. The van der Waals surface area contributed by atoms with Crippen molar-refractivity contribution in [2.75, 3.05) is 50.7 Å². The first-order valence-corrected chi connectivity index (χ1v) is 12.1. The summed E-state index contributed by atoms with van der Waals surface area (Å²) < 4.78 is 0. The van der Waals surface area contributed by atoms with Gasteiger partial charge in [-0.05, 0) is 58.0 Å². The van der Waals surface area contributed by atoms with Crippen LogP contribution in [0.25, 0.3) is 0 Å². The molecule has 1 aromatic rings. The van der Waals surface area contributed by atoms with Crippen LogP contribution >= 0.6 is 0 Å². The van der Waals surface area contributed by atoms with Gasteiger partial charge in [-0.2, -0.15) is 0 Å². The summed E-state index contributed by atoms with van der Waals surface area (Å²) in [6.07, 6.45) is 2.60. The number of likely N-dealkylation sites (tertiary alicyclic amines) is 1. The Hall–Kier alpha value is -2.41. The van der Waals surface area contributed by atoms with Crippen molar-refractivity contribution >= 4 is 23.4 Å². The Kier molecular flexibility index (Phi) is 8.67. The quantitative estimate of drug-likeness (QED) is 0.596. The molecule has 32 heavy (non-hydrogen) atoms. The maximum absolute atomic E-state index is 13.0. The molecule has 0 aromatic heterocycles. The third-order valence-electron chi connectivity index (χ3n) is 6.84. The molecular weight excluding hydrogens is 404 g/mol. The van der Waals surface area contributed by atoms with Crippen LogP contribution in [-0.2, 0) is 14.4 Å². The predicted octanol–water partition coefficient (Wildman–Crippen LogP) is 2.43. The summed E-state index contributed by atoms with van der Waals surface area (Å²) in [5, 5.41) is 3.07. The third-order valence-corrected chi connectivity index (χ3v) is 6.84. The molecule has 7 heteroatoms. The van der Waals surface area contributed by atoms with Gasteiger partial charge in [-0.15, -0.1) is 0 Å². The molecule has 1 unspecified atom stereocenters. The number of benzene rings is 1. The summed E-state index contributed by atoms with van der Waals surface area (Å²) in [6.45, 7) is 11.7. The molecule has 1 atom stereocenters. The molecule has 2 saturated heterocycles. The Morgan fingerprint density at radius 1 is 1.06 bits per heavy atom. The second-order valence-corrected chi connectivity index (χ2v) is 9.01. The van der Waals surface area contributed by atoms with Crippen molar-refractivity contribution in [3.63, 3.8) is 0 Å². The maximum atomic E-state index is 13.0. The summed E-state index contributed by atoms with van der Waals surface area (Å²) in [5.41, 5.74) is 2.00. The lowest BCUT2D eigenvalue weighted by Gasteiger charge is -2.33. The monoisotopic (exact) mass is 442 g/mol. The molecule has 2 aliphatic rings. The number of aryl methyl sites for hydroxylation is 1. The van der Waals surface area contributed by atoms with Gasteiger partial charge in [0.05, 0.1) is 5.92 Å².